The van der Waals surface area contributed by atoms with Crippen LogP contribution in [0.1, 0.15) is 22.7 Å². The maximum absolute atomic E-state index is 12.4. The maximum Gasteiger partial charge on any atom is 0.250 e. The Morgan fingerprint density at radius 2 is 1.44 bits per heavy atom. The third-order valence-electron chi connectivity index (χ3n) is 5.97. The fourth-order valence-corrected chi connectivity index (χ4v) is 4.46. The van der Waals surface area contributed by atoms with Gasteiger partial charge in [0.2, 0.25) is 5.91 Å². The minimum Gasteiger partial charge on any atom is -0.497 e. The van der Waals surface area contributed by atoms with E-state index >= 15 is 0 Å². The molecule has 0 spiro atoms. The fourth-order valence-electron chi connectivity index (χ4n) is 4.18. The van der Waals surface area contributed by atoms with Gasteiger partial charge in [0.1, 0.15) is 5.75 Å². The van der Waals surface area contributed by atoms with Crippen molar-refractivity contribution in [2.45, 2.75) is 6.04 Å². The summed E-state index contributed by atoms with van der Waals surface area (Å²) < 4.78 is 5.16. The number of methoxy groups -OCH3 is 1. The van der Waals surface area contributed by atoms with Crippen molar-refractivity contribution < 1.29 is 9.53 Å². The van der Waals surface area contributed by atoms with E-state index in [-0.39, 0.29) is 11.9 Å². The number of hydrogen-bond acceptors (Lipinski definition) is 4. The SMILES string of the molecule is COc1ccc(/C=C/C(=O)NC(=S)N2CCN(C(c3ccccc3)c3ccccc3)CC2)cc1. The number of nitrogens with zero attached hydrogens (tertiary/aromatic N) is 2. The molecule has 0 radical (unpaired) electrons. The molecule has 1 amide bonds. The van der Waals surface area contributed by atoms with Gasteiger partial charge in [-0.1, -0.05) is 72.8 Å². The number of hydrogen-bond donors (Lipinski definition) is 1. The first-order chi connectivity index (χ1) is 16.6. The molecular weight excluding hydrogens is 442 g/mol. The summed E-state index contributed by atoms with van der Waals surface area (Å²) in [5.41, 5.74) is 3.48. The van der Waals surface area contributed by atoms with Crippen molar-refractivity contribution >= 4 is 29.3 Å². The first kappa shape index (κ1) is 23.7. The second-order valence-electron chi connectivity index (χ2n) is 8.15. The lowest BCUT2D eigenvalue weighted by molar-refractivity contribution is -0.115. The van der Waals surface area contributed by atoms with Crippen LogP contribution in [0.3, 0.4) is 0 Å². The number of rotatable bonds is 6. The van der Waals surface area contributed by atoms with Crippen LogP contribution in [0, 0.1) is 0 Å². The summed E-state index contributed by atoms with van der Waals surface area (Å²) in [5, 5.41) is 3.31. The van der Waals surface area contributed by atoms with E-state index in [2.05, 4.69) is 63.6 Å². The van der Waals surface area contributed by atoms with Gasteiger partial charge in [0.25, 0.3) is 0 Å². The molecule has 1 N–H and O–H groups in total. The van der Waals surface area contributed by atoms with E-state index in [0.29, 0.717) is 5.11 Å². The van der Waals surface area contributed by atoms with E-state index in [0.717, 1.165) is 37.5 Å². The van der Waals surface area contributed by atoms with Gasteiger partial charge in [0, 0.05) is 32.3 Å². The maximum atomic E-state index is 12.4. The predicted octanol–water partition coefficient (Wildman–Crippen LogP) is 4.52. The van der Waals surface area contributed by atoms with Crippen LogP contribution >= 0.6 is 12.2 Å². The Morgan fingerprint density at radius 3 is 1.97 bits per heavy atom. The van der Waals surface area contributed by atoms with E-state index in [1.807, 2.05) is 36.4 Å². The zero-order chi connectivity index (χ0) is 23.8. The number of amides is 1. The molecule has 1 aliphatic rings. The molecule has 3 aromatic rings. The fraction of sp³-hybridized carbons (Fsp3) is 0.214. The topological polar surface area (TPSA) is 44.8 Å². The largest absolute Gasteiger partial charge is 0.497 e. The van der Waals surface area contributed by atoms with Crippen LogP contribution < -0.4 is 10.1 Å². The van der Waals surface area contributed by atoms with Gasteiger partial charge >= 0.3 is 0 Å². The number of ether oxygens (including phenoxy) is 1. The number of carbonyl (C=O) groups is 1. The van der Waals surface area contributed by atoms with Gasteiger partial charge in [-0.25, -0.2) is 0 Å². The molecular formula is C28H29N3O2S. The standard InChI is InChI=1S/C28H29N3O2S/c1-33-25-15-12-22(13-16-25)14-17-26(32)29-28(34)31-20-18-30(19-21-31)27(23-8-4-2-5-9-23)24-10-6-3-7-11-24/h2-17,27H,18-21H2,1H3,(H,29,32,34)/b17-14+. The monoisotopic (exact) mass is 471 g/mol. The summed E-state index contributed by atoms with van der Waals surface area (Å²) in [6.45, 7) is 3.23. The molecule has 5 nitrogen and oxygen atoms in total. The van der Waals surface area contributed by atoms with Crippen molar-refractivity contribution in [3.63, 3.8) is 0 Å². The molecule has 1 fully saturated rings. The minimum absolute atomic E-state index is 0.195. The predicted molar refractivity (Wildman–Crippen MR) is 141 cm³/mol. The first-order valence-electron chi connectivity index (χ1n) is 11.4. The second-order valence-corrected chi connectivity index (χ2v) is 8.53. The molecule has 3 aromatic carbocycles. The Bertz CT molecular complexity index is 1070. The molecule has 4 rings (SSSR count). The number of nitrogens with one attached hydrogen (secondary N) is 1. The summed E-state index contributed by atoms with van der Waals surface area (Å²) in [6.07, 6.45) is 3.27. The molecule has 0 aliphatic carbocycles. The van der Waals surface area contributed by atoms with E-state index < -0.39 is 0 Å². The third-order valence-corrected chi connectivity index (χ3v) is 6.33. The van der Waals surface area contributed by atoms with Crippen LogP contribution in [0.2, 0.25) is 0 Å². The first-order valence-corrected chi connectivity index (χ1v) is 11.8. The summed E-state index contributed by atoms with van der Waals surface area (Å²) in [6, 6.07) is 28.9. The lowest BCUT2D eigenvalue weighted by Crippen LogP contribution is -2.53. The average molecular weight is 472 g/mol. The van der Waals surface area contributed by atoms with Crippen LogP contribution in [0.5, 0.6) is 5.75 Å². The normalized spacial score (nSPS) is 14.4. The van der Waals surface area contributed by atoms with Gasteiger partial charge in [0.05, 0.1) is 13.2 Å². The van der Waals surface area contributed by atoms with Crippen molar-refractivity contribution in [2.24, 2.45) is 0 Å². The number of benzene rings is 3. The van der Waals surface area contributed by atoms with Crippen molar-refractivity contribution in [2.75, 3.05) is 33.3 Å². The third kappa shape index (κ3) is 6.10. The molecule has 0 unspecified atom stereocenters. The lowest BCUT2D eigenvalue weighted by atomic mass is 9.96. The van der Waals surface area contributed by atoms with E-state index in [1.54, 1.807) is 13.2 Å². The minimum atomic E-state index is -0.227. The summed E-state index contributed by atoms with van der Waals surface area (Å²) in [5.74, 6) is 0.554. The molecule has 1 aliphatic heterocycles. The van der Waals surface area contributed by atoms with Crippen LogP contribution in [-0.4, -0.2) is 54.1 Å². The van der Waals surface area contributed by atoms with Crippen LogP contribution in [0.25, 0.3) is 6.08 Å². The van der Waals surface area contributed by atoms with Gasteiger partial charge < -0.3 is 9.64 Å². The Labute approximate surface area is 206 Å². The molecule has 1 saturated heterocycles. The van der Waals surface area contributed by atoms with Gasteiger partial charge in [-0.05, 0) is 47.1 Å². The molecule has 34 heavy (non-hydrogen) atoms. The van der Waals surface area contributed by atoms with Crippen LogP contribution in [0.4, 0.5) is 0 Å². The Kier molecular flexibility index (Phi) is 8.07. The zero-order valence-electron chi connectivity index (χ0n) is 19.3. The highest BCUT2D eigenvalue weighted by Gasteiger charge is 2.27. The summed E-state index contributed by atoms with van der Waals surface area (Å²) >= 11 is 5.53. The van der Waals surface area contributed by atoms with Crippen molar-refractivity contribution in [3.8, 4) is 5.75 Å². The van der Waals surface area contributed by atoms with Crippen molar-refractivity contribution in [3.05, 3.63) is 108 Å². The molecule has 0 saturated carbocycles. The van der Waals surface area contributed by atoms with Crippen molar-refractivity contribution in [1.82, 2.24) is 15.1 Å². The quantitative estimate of drug-likeness (QED) is 0.423. The highest BCUT2D eigenvalue weighted by molar-refractivity contribution is 7.80. The smallest absolute Gasteiger partial charge is 0.250 e. The molecule has 0 atom stereocenters. The van der Waals surface area contributed by atoms with E-state index in [4.69, 9.17) is 17.0 Å². The molecule has 0 aromatic heterocycles. The van der Waals surface area contributed by atoms with Gasteiger partial charge in [-0.2, -0.15) is 0 Å². The van der Waals surface area contributed by atoms with E-state index in [9.17, 15) is 4.79 Å². The van der Waals surface area contributed by atoms with Crippen molar-refractivity contribution in [1.29, 1.82) is 0 Å². The zero-order valence-corrected chi connectivity index (χ0v) is 20.1. The Hall–Kier alpha value is -3.48. The van der Waals surface area contributed by atoms with Gasteiger partial charge in [-0.3, -0.25) is 15.0 Å². The number of carbonyl (C=O) groups excluding carboxylic acids is 1. The highest BCUT2D eigenvalue weighted by Crippen LogP contribution is 2.29. The van der Waals surface area contributed by atoms with Crippen LogP contribution in [-0.2, 0) is 4.79 Å². The van der Waals surface area contributed by atoms with E-state index in [1.165, 1.54) is 17.2 Å². The van der Waals surface area contributed by atoms with Gasteiger partial charge in [-0.15, -0.1) is 0 Å². The lowest BCUT2D eigenvalue weighted by Gasteiger charge is -2.40. The number of piperazine rings is 1. The van der Waals surface area contributed by atoms with Gasteiger partial charge in [0.15, 0.2) is 5.11 Å². The summed E-state index contributed by atoms with van der Waals surface area (Å²) in [4.78, 5) is 16.9. The molecule has 0 bridgehead atoms. The van der Waals surface area contributed by atoms with Crippen LogP contribution in [0.15, 0.2) is 91.0 Å². The second kappa shape index (κ2) is 11.6. The molecule has 174 valence electrons. The number of thiocarbonyl (C=S) groups is 1. The Balaban J connectivity index is 1.34. The molecule has 6 heteroatoms. The Morgan fingerprint density at radius 1 is 0.882 bits per heavy atom. The summed E-state index contributed by atoms with van der Waals surface area (Å²) in [7, 11) is 1.63. The average Bonchev–Trinajstić information content (AvgIpc) is 2.89. The highest BCUT2D eigenvalue weighted by atomic mass is 32.1. The molecule has 1 heterocycles.